The average Bonchev–Trinajstić information content (AvgIpc) is 3.16. The summed E-state index contributed by atoms with van der Waals surface area (Å²) >= 11 is 1.35. The van der Waals surface area contributed by atoms with Gasteiger partial charge in [0.1, 0.15) is 6.54 Å². The number of amides is 1. The van der Waals surface area contributed by atoms with E-state index in [1.807, 2.05) is 37.4 Å². The van der Waals surface area contributed by atoms with Crippen LogP contribution in [0.1, 0.15) is 25.5 Å². The van der Waals surface area contributed by atoms with Crippen molar-refractivity contribution in [3.63, 3.8) is 0 Å². The Morgan fingerprint density at radius 1 is 1.33 bits per heavy atom. The molecule has 0 saturated carbocycles. The fourth-order valence-electron chi connectivity index (χ4n) is 2.01. The number of aromatic nitrogens is 3. The molecule has 0 unspecified atom stereocenters. The Morgan fingerprint density at radius 2 is 2.08 bits per heavy atom. The molecule has 0 saturated heterocycles. The van der Waals surface area contributed by atoms with Crippen LogP contribution in [0.4, 0.5) is 5.13 Å². The monoisotopic (exact) mass is 344 g/mol. The van der Waals surface area contributed by atoms with E-state index in [2.05, 4.69) is 15.4 Å². The zero-order chi connectivity index (χ0) is 17.1. The second-order valence-electron chi connectivity index (χ2n) is 5.48. The van der Waals surface area contributed by atoms with Gasteiger partial charge in [-0.05, 0) is 18.1 Å². The van der Waals surface area contributed by atoms with Crippen LogP contribution in [0.15, 0.2) is 44.9 Å². The molecule has 0 radical (unpaired) electrons. The summed E-state index contributed by atoms with van der Waals surface area (Å²) in [6.45, 7) is 3.83. The highest BCUT2D eigenvalue weighted by Crippen LogP contribution is 2.21. The fourth-order valence-corrected chi connectivity index (χ4v) is 2.90. The van der Waals surface area contributed by atoms with Crippen molar-refractivity contribution in [2.75, 3.05) is 5.32 Å². The zero-order valence-corrected chi connectivity index (χ0v) is 14.0. The van der Waals surface area contributed by atoms with Gasteiger partial charge in [0.15, 0.2) is 5.13 Å². The number of rotatable bonds is 5. The van der Waals surface area contributed by atoms with Crippen molar-refractivity contribution in [1.29, 1.82) is 0 Å². The van der Waals surface area contributed by atoms with Crippen LogP contribution in [0.5, 0.6) is 0 Å². The molecule has 0 aliphatic rings. The van der Waals surface area contributed by atoms with Gasteiger partial charge in [-0.25, -0.2) is 9.78 Å². The number of benzene rings is 1. The number of nitrogens with one attached hydrogen (secondary N) is 1. The lowest BCUT2D eigenvalue weighted by Gasteiger charge is -2.01. The van der Waals surface area contributed by atoms with E-state index < -0.39 is 5.76 Å². The van der Waals surface area contributed by atoms with Crippen molar-refractivity contribution in [2.45, 2.75) is 26.3 Å². The molecule has 3 aromatic rings. The normalized spacial score (nSPS) is 11.0. The number of carbonyl (C=O) groups is 1. The zero-order valence-electron chi connectivity index (χ0n) is 13.2. The number of hydrogen-bond acceptors (Lipinski definition) is 6. The molecule has 0 spiro atoms. The van der Waals surface area contributed by atoms with Crippen LogP contribution in [0, 0.1) is 0 Å². The summed E-state index contributed by atoms with van der Waals surface area (Å²) in [6.07, 6.45) is 0. The third kappa shape index (κ3) is 3.60. The van der Waals surface area contributed by atoms with E-state index in [9.17, 15) is 9.59 Å². The standard InChI is InChI=1S/C16H16N4O3S/c1-10(2)12-9-24-15(17-12)18-13(21)8-20-16(22)23-14(19-20)11-6-4-3-5-7-11/h3-7,9-10H,8H2,1-2H3,(H,17,18,21). The van der Waals surface area contributed by atoms with Crippen LogP contribution in [0.2, 0.25) is 0 Å². The van der Waals surface area contributed by atoms with Crippen LogP contribution in [0.3, 0.4) is 0 Å². The molecular formula is C16H16N4O3S. The van der Waals surface area contributed by atoms with E-state index in [1.54, 1.807) is 12.1 Å². The Kier molecular flexibility index (Phi) is 4.57. The minimum atomic E-state index is -0.675. The lowest BCUT2D eigenvalue weighted by molar-refractivity contribution is -0.117. The maximum Gasteiger partial charge on any atom is 0.437 e. The molecule has 3 rings (SSSR count). The predicted molar refractivity (Wildman–Crippen MR) is 91.0 cm³/mol. The minimum Gasteiger partial charge on any atom is -0.388 e. The second-order valence-corrected chi connectivity index (χ2v) is 6.34. The quantitative estimate of drug-likeness (QED) is 0.768. The maximum absolute atomic E-state index is 12.1. The molecule has 1 N–H and O–H groups in total. The van der Waals surface area contributed by atoms with Crippen LogP contribution in [0.25, 0.3) is 11.5 Å². The van der Waals surface area contributed by atoms with Gasteiger partial charge in [-0.1, -0.05) is 32.0 Å². The SMILES string of the molecule is CC(C)c1csc(NC(=O)Cn2nc(-c3ccccc3)oc2=O)n1. The van der Waals surface area contributed by atoms with Gasteiger partial charge in [0.05, 0.1) is 5.69 Å². The van der Waals surface area contributed by atoms with Crippen molar-refractivity contribution in [1.82, 2.24) is 14.8 Å². The molecule has 0 bridgehead atoms. The third-order valence-corrected chi connectivity index (χ3v) is 4.06. The van der Waals surface area contributed by atoms with E-state index in [4.69, 9.17) is 4.42 Å². The summed E-state index contributed by atoms with van der Waals surface area (Å²) < 4.78 is 6.09. The van der Waals surface area contributed by atoms with Gasteiger partial charge in [0.2, 0.25) is 11.8 Å². The van der Waals surface area contributed by atoms with E-state index in [1.165, 1.54) is 11.3 Å². The van der Waals surface area contributed by atoms with Crippen molar-refractivity contribution in [3.05, 3.63) is 52.0 Å². The van der Waals surface area contributed by atoms with E-state index in [0.29, 0.717) is 16.6 Å². The topological polar surface area (TPSA) is 90.0 Å². The van der Waals surface area contributed by atoms with Crippen molar-refractivity contribution < 1.29 is 9.21 Å². The predicted octanol–water partition coefficient (Wildman–Crippen LogP) is 2.72. The molecule has 0 atom stereocenters. The first-order valence-electron chi connectivity index (χ1n) is 7.41. The maximum atomic E-state index is 12.1. The van der Waals surface area contributed by atoms with Crippen LogP contribution < -0.4 is 11.1 Å². The molecule has 1 aromatic carbocycles. The van der Waals surface area contributed by atoms with Crippen LogP contribution in [-0.4, -0.2) is 20.7 Å². The van der Waals surface area contributed by atoms with Crippen molar-refractivity contribution in [3.8, 4) is 11.5 Å². The Balaban J connectivity index is 1.70. The number of carbonyl (C=O) groups excluding carboxylic acids is 1. The van der Waals surface area contributed by atoms with Gasteiger partial charge < -0.3 is 9.73 Å². The molecule has 7 nitrogen and oxygen atoms in total. The first-order valence-corrected chi connectivity index (χ1v) is 8.29. The van der Waals surface area contributed by atoms with Gasteiger partial charge in [0, 0.05) is 10.9 Å². The third-order valence-electron chi connectivity index (χ3n) is 3.28. The highest BCUT2D eigenvalue weighted by Gasteiger charge is 2.14. The Morgan fingerprint density at radius 3 is 2.75 bits per heavy atom. The van der Waals surface area contributed by atoms with E-state index in [0.717, 1.165) is 10.4 Å². The van der Waals surface area contributed by atoms with Crippen molar-refractivity contribution in [2.24, 2.45) is 0 Å². The molecule has 1 amide bonds. The highest BCUT2D eigenvalue weighted by atomic mass is 32.1. The number of thiazole rings is 1. The molecule has 124 valence electrons. The molecular weight excluding hydrogens is 328 g/mol. The molecule has 2 aromatic heterocycles. The molecule has 0 fully saturated rings. The van der Waals surface area contributed by atoms with Gasteiger partial charge in [-0.2, -0.15) is 4.68 Å². The van der Waals surface area contributed by atoms with E-state index in [-0.39, 0.29) is 18.3 Å². The summed E-state index contributed by atoms with van der Waals surface area (Å²) in [5.74, 6) is -0.580. The summed E-state index contributed by atoms with van der Waals surface area (Å²) in [5.41, 5.74) is 1.59. The lowest BCUT2D eigenvalue weighted by atomic mass is 10.2. The van der Waals surface area contributed by atoms with E-state index >= 15 is 0 Å². The number of nitrogens with zero attached hydrogens (tertiary/aromatic N) is 3. The van der Waals surface area contributed by atoms with Gasteiger partial charge in [-0.15, -0.1) is 16.4 Å². The summed E-state index contributed by atoms with van der Waals surface area (Å²) in [6, 6.07) is 9.04. The Labute approximate surface area is 142 Å². The molecule has 2 heterocycles. The Bertz CT molecular complexity index is 895. The average molecular weight is 344 g/mol. The van der Waals surface area contributed by atoms with Crippen molar-refractivity contribution >= 4 is 22.4 Å². The molecule has 0 aliphatic carbocycles. The Hall–Kier alpha value is -2.74. The second kappa shape index (κ2) is 6.79. The molecule has 24 heavy (non-hydrogen) atoms. The number of hydrogen-bond donors (Lipinski definition) is 1. The molecule has 8 heteroatoms. The van der Waals surface area contributed by atoms with Gasteiger partial charge in [0.25, 0.3) is 0 Å². The van der Waals surface area contributed by atoms with Crippen LogP contribution in [-0.2, 0) is 11.3 Å². The summed E-state index contributed by atoms with van der Waals surface area (Å²) in [7, 11) is 0. The fraction of sp³-hybridized carbons (Fsp3) is 0.250. The summed E-state index contributed by atoms with van der Waals surface area (Å²) in [5, 5.41) is 9.13. The largest absolute Gasteiger partial charge is 0.437 e. The lowest BCUT2D eigenvalue weighted by Crippen LogP contribution is -2.25. The summed E-state index contributed by atoms with van der Waals surface area (Å²) in [4.78, 5) is 28.2. The van der Waals surface area contributed by atoms with Gasteiger partial charge in [-0.3, -0.25) is 4.79 Å². The smallest absolute Gasteiger partial charge is 0.388 e. The van der Waals surface area contributed by atoms with Crippen LogP contribution >= 0.6 is 11.3 Å². The highest BCUT2D eigenvalue weighted by molar-refractivity contribution is 7.13. The first kappa shape index (κ1) is 16.1. The first-order chi connectivity index (χ1) is 11.5. The molecule has 0 aliphatic heterocycles. The minimum absolute atomic E-state index is 0.185. The van der Waals surface area contributed by atoms with Gasteiger partial charge >= 0.3 is 5.76 Å². The number of anilines is 1.